The molecule has 33 heavy (non-hydrogen) atoms. The van der Waals surface area contributed by atoms with E-state index in [0.717, 1.165) is 25.0 Å². The van der Waals surface area contributed by atoms with Gasteiger partial charge in [0, 0.05) is 5.69 Å². The molecule has 0 fully saturated rings. The highest BCUT2D eigenvalue weighted by Crippen LogP contribution is 2.34. The van der Waals surface area contributed by atoms with Crippen molar-refractivity contribution in [3.8, 4) is 5.75 Å². The Bertz CT molecular complexity index is 1150. The van der Waals surface area contributed by atoms with E-state index in [1.807, 2.05) is 85.8 Å². The second kappa shape index (κ2) is 10.2. The Balaban J connectivity index is 1.67. The number of anilines is 2. The van der Waals surface area contributed by atoms with Crippen molar-refractivity contribution in [1.82, 2.24) is 0 Å². The van der Waals surface area contributed by atoms with E-state index in [9.17, 15) is 9.59 Å². The first-order valence-electron chi connectivity index (χ1n) is 11.4. The number of carbonyl (C=O) groups excluding carboxylic acids is 2. The van der Waals surface area contributed by atoms with Gasteiger partial charge in [-0.1, -0.05) is 55.8 Å². The molecule has 1 aliphatic rings. The summed E-state index contributed by atoms with van der Waals surface area (Å²) >= 11 is 0. The summed E-state index contributed by atoms with van der Waals surface area (Å²) in [5.41, 5.74) is 3.81. The van der Waals surface area contributed by atoms with Gasteiger partial charge >= 0.3 is 0 Å². The van der Waals surface area contributed by atoms with E-state index in [4.69, 9.17) is 4.74 Å². The zero-order chi connectivity index (χ0) is 23.2. The van der Waals surface area contributed by atoms with Crippen LogP contribution in [0.25, 0.3) is 5.57 Å². The van der Waals surface area contributed by atoms with Gasteiger partial charge in [0.2, 0.25) is 0 Å². The van der Waals surface area contributed by atoms with Gasteiger partial charge in [0.15, 0.2) is 0 Å². The zero-order valence-corrected chi connectivity index (χ0v) is 19.0. The third-order valence-electron chi connectivity index (χ3n) is 5.59. The molecule has 0 spiro atoms. The van der Waals surface area contributed by atoms with Crippen molar-refractivity contribution in [2.24, 2.45) is 0 Å². The Kier molecular flexibility index (Phi) is 6.89. The molecule has 1 heterocycles. The first kappa shape index (κ1) is 22.3. The van der Waals surface area contributed by atoms with E-state index in [1.54, 1.807) is 0 Å². The minimum absolute atomic E-state index is 0.269. The van der Waals surface area contributed by atoms with Gasteiger partial charge in [-0.3, -0.25) is 9.59 Å². The molecule has 5 nitrogen and oxygen atoms in total. The maximum absolute atomic E-state index is 13.5. The number of nitrogens with zero attached hydrogens (tertiary/aromatic N) is 1. The van der Waals surface area contributed by atoms with Gasteiger partial charge in [-0.05, 0) is 67.3 Å². The SMILES string of the molecule is CCCCc1ccc(N2C(=O)C(Nc3ccc(OCC)cc3)=C(c3ccccc3)C2=O)cc1. The summed E-state index contributed by atoms with van der Waals surface area (Å²) in [6.07, 6.45) is 3.21. The third-order valence-corrected chi connectivity index (χ3v) is 5.59. The minimum Gasteiger partial charge on any atom is -0.494 e. The van der Waals surface area contributed by atoms with Crippen molar-refractivity contribution >= 4 is 28.8 Å². The standard InChI is InChI=1S/C28H28N2O3/c1-3-5-9-20-12-16-23(17-13-20)30-27(31)25(21-10-7-6-8-11-21)26(28(30)32)29-22-14-18-24(19-15-22)33-4-2/h6-8,10-19,29H,3-5,9H2,1-2H3. The highest BCUT2D eigenvalue weighted by molar-refractivity contribution is 6.46. The number of benzene rings is 3. The molecule has 168 valence electrons. The first-order valence-corrected chi connectivity index (χ1v) is 11.4. The number of hydrogen-bond donors (Lipinski definition) is 1. The summed E-state index contributed by atoms with van der Waals surface area (Å²) in [5.74, 6) is 0.0499. The average molecular weight is 441 g/mol. The normalized spacial score (nSPS) is 13.6. The number of aryl methyl sites for hydroxylation is 1. The summed E-state index contributed by atoms with van der Waals surface area (Å²) in [7, 11) is 0. The molecule has 0 unspecified atom stereocenters. The van der Waals surface area contributed by atoms with Crippen LogP contribution < -0.4 is 15.0 Å². The number of rotatable bonds is 9. The molecule has 0 bridgehead atoms. The lowest BCUT2D eigenvalue weighted by molar-refractivity contribution is -0.120. The highest BCUT2D eigenvalue weighted by Gasteiger charge is 2.40. The summed E-state index contributed by atoms with van der Waals surface area (Å²) in [6, 6.07) is 24.3. The van der Waals surface area contributed by atoms with E-state index in [-0.39, 0.29) is 17.5 Å². The van der Waals surface area contributed by atoms with Crippen molar-refractivity contribution in [1.29, 1.82) is 0 Å². The topological polar surface area (TPSA) is 58.6 Å². The third kappa shape index (κ3) is 4.82. The second-order valence-corrected chi connectivity index (χ2v) is 7.91. The first-order chi connectivity index (χ1) is 16.1. The van der Waals surface area contributed by atoms with E-state index in [0.29, 0.717) is 29.1 Å². The Labute approximate surface area is 194 Å². The summed E-state index contributed by atoms with van der Waals surface area (Å²) in [6.45, 7) is 4.66. The van der Waals surface area contributed by atoms with Gasteiger partial charge < -0.3 is 10.1 Å². The Hall–Kier alpha value is -3.86. The van der Waals surface area contributed by atoms with Gasteiger partial charge in [0.05, 0.1) is 17.9 Å². The predicted octanol–water partition coefficient (Wildman–Crippen LogP) is 5.82. The summed E-state index contributed by atoms with van der Waals surface area (Å²) < 4.78 is 5.50. The Morgan fingerprint density at radius 2 is 1.52 bits per heavy atom. The average Bonchev–Trinajstić information content (AvgIpc) is 3.09. The van der Waals surface area contributed by atoms with E-state index >= 15 is 0 Å². The molecule has 3 aromatic rings. The monoisotopic (exact) mass is 440 g/mol. The van der Waals surface area contributed by atoms with Crippen LogP contribution in [-0.2, 0) is 16.0 Å². The molecule has 0 saturated carbocycles. The second-order valence-electron chi connectivity index (χ2n) is 7.91. The summed E-state index contributed by atoms with van der Waals surface area (Å²) in [5, 5.41) is 3.19. The molecule has 0 saturated heterocycles. The van der Waals surface area contributed by atoms with Crippen LogP contribution in [0.2, 0.25) is 0 Å². The lowest BCUT2D eigenvalue weighted by atomic mass is 10.0. The van der Waals surface area contributed by atoms with Crippen LogP contribution in [-0.4, -0.2) is 18.4 Å². The quantitative estimate of drug-likeness (QED) is 0.426. The number of nitrogens with one attached hydrogen (secondary N) is 1. The van der Waals surface area contributed by atoms with Crippen molar-refractivity contribution in [3.05, 3.63) is 95.7 Å². The highest BCUT2D eigenvalue weighted by atomic mass is 16.5. The molecule has 0 atom stereocenters. The molecule has 0 radical (unpaired) electrons. The number of carbonyl (C=O) groups is 2. The van der Waals surface area contributed by atoms with E-state index in [1.165, 1.54) is 10.5 Å². The zero-order valence-electron chi connectivity index (χ0n) is 19.0. The van der Waals surface area contributed by atoms with Crippen LogP contribution in [0.4, 0.5) is 11.4 Å². The number of unbranched alkanes of at least 4 members (excludes halogenated alkanes) is 1. The number of ether oxygens (including phenoxy) is 1. The smallest absolute Gasteiger partial charge is 0.282 e. The van der Waals surface area contributed by atoms with Crippen molar-refractivity contribution < 1.29 is 14.3 Å². The van der Waals surface area contributed by atoms with Crippen LogP contribution in [0.3, 0.4) is 0 Å². The molecule has 3 aromatic carbocycles. The van der Waals surface area contributed by atoms with Gasteiger partial charge in [0.1, 0.15) is 11.4 Å². The molecule has 1 aliphatic heterocycles. The van der Waals surface area contributed by atoms with Gasteiger partial charge in [-0.15, -0.1) is 0 Å². The van der Waals surface area contributed by atoms with Gasteiger partial charge in [-0.2, -0.15) is 0 Å². The molecular weight excluding hydrogens is 412 g/mol. The Morgan fingerprint density at radius 3 is 2.15 bits per heavy atom. The van der Waals surface area contributed by atoms with Crippen molar-refractivity contribution in [2.45, 2.75) is 33.1 Å². The van der Waals surface area contributed by atoms with Crippen LogP contribution >= 0.6 is 0 Å². The lowest BCUT2D eigenvalue weighted by Crippen LogP contribution is -2.32. The van der Waals surface area contributed by atoms with Crippen molar-refractivity contribution in [3.63, 3.8) is 0 Å². The number of hydrogen-bond acceptors (Lipinski definition) is 4. The van der Waals surface area contributed by atoms with Crippen molar-refractivity contribution in [2.75, 3.05) is 16.8 Å². The Morgan fingerprint density at radius 1 is 0.818 bits per heavy atom. The van der Waals surface area contributed by atoms with Crippen LogP contribution in [0, 0.1) is 0 Å². The fourth-order valence-electron chi connectivity index (χ4n) is 3.89. The molecule has 0 aliphatic carbocycles. The van der Waals surface area contributed by atoms with Crippen LogP contribution in [0.5, 0.6) is 5.75 Å². The molecule has 1 N–H and O–H groups in total. The maximum atomic E-state index is 13.5. The van der Waals surface area contributed by atoms with Gasteiger partial charge in [0.25, 0.3) is 11.8 Å². The largest absolute Gasteiger partial charge is 0.494 e. The molecule has 5 heteroatoms. The number of imide groups is 1. The molecule has 4 rings (SSSR count). The fraction of sp³-hybridized carbons (Fsp3) is 0.214. The van der Waals surface area contributed by atoms with Gasteiger partial charge in [-0.25, -0.2) is 4.90 Å². The minimum atomic E-state index is -0.367. The number of amides is 2. The van der Waals surface area contributed by atoms with E-state index in [2.05, 4.69) is 12.2 Å². The van der Waals surface area contributed by atoms with Crippen LogP contribution in [0.15, 0.2) is 84.6 Å². The molecule has 0 aromatic heterocycles. The fourth-order valence-corrected chi connectivity index (χ4v) is 3.89. The predicted molar refractivity (Wildman–Crippen MR) is 132 cm³/mol. The molecular formula is C28H28N2O3. The maximum Gasteiger partial charge on any atom is 0.282 e. The lowest BCUT2D eigenvalue weighted by Gasteiger charge is -2.16. The van der Waals surface area contributed by atoms with E-state index < -0.39 is 0 Å². The van der Waals surface area contributed by atoms with Crippen LogP contribution in [0.1, 0.15) is 37.8 Å². The summed E-state index contributed by atoms with van der Waals surface area (Å²) in [4.78, 5) is 28.2. The molecule has 2 amide bonds.